The molecule has 0 saturated carbocycles. The summed E-state index contributed by atoms with van der Waals surface area (Å²) in [6, 6.07) is 62.9. The predicted molar refractivity (Wildman–Crippen MR) is 287 cm³/mol. The molecule has 0 spiro atoms. The molecule has 0 bridgehead atoms. The molecule has 11 aromatic rings. The van der Waals surface area contributed by atoms with Crippen molar-refractivity contribution in [1.29, 1.82) is 0 Å². The summed E-state index contributed by atoms with van der Waals surface area (Å²) in [6.07, 6.45) is 1.87. The SMILES string of the molecule is CC(C)(C)c1ccnc(-c2[c-]cccc2)c1.CC(C)c1cc(-c2ccccc2)cc(C(C)C)c1-n1c(-c2[c-]cc(C(C)(C)C)c3c2oc2cc4c(ccc5ccccc54)cc23)nc2ccccc21.[Ir]. The summed E-state index contributed by atoms with van der Waals surface area (Å²) in [6.45, 7) is 22.6. The van der Waals surface area contributed by atoms with Crippen LogP contribution in [0.25, 0.3) is 94.0 Å². The van der Waals surface area contributed by atoms with Gasteiger partial charge in [-0.1, -0.05) is 165 Å². The van der Waals surface area contributed by atoms with Gasteiger partial charge in [0.1, 0.15) is 5.58 Å². The van der Waals surface area contributed by atoms with E-state index >= 15 is 0 Å². The Hall–Kier alpha value is -6.65. The Labute approximate surface area is 420 Å². The largest absolute Gasteiger partial charge is 0.501 e. The summed E-state index contributed by atoms with van der Waals surface area (Å²) < 4.78 is 9.46. The Morgan fingerprint density at radius 3 is 1.97 bits per heavy atom. The molecular weight excluding hydrogens is 1020 g/mol. The van der Waals surface area contributed by atoms with Crippen molar-refractivity contribution in [3.63, 3.8) is 0 Å². The second kappa shape index (κ2) is 18.7. The minimum absolute atomic E-state index is 0. The molecule has 0 N–H and O–H groups in total. The molecule has 8 aromatic carbocycles. The molecule has 69 heavy (non-hydrogen) atoms. The number of pyridine rings is 1. The topological polar surface area (TPSA) is 43.9 Å². The predicted octanol–water partition coefficient (Wildman–Crippen LogP) is 17.8. The van der Waals surface area contributed by atoms with Crippen LogP contribution in [0.15, 0.2) is 168 Å². The molecule has 0 aliphatic rings. The third kappa shape index (κ3) is 8.95. The van der Waals surface area contributed by atoms with E-state index < -0.39 is 0 Å². The molecule has 5 heteroatoms. The average Bonchev–Trinajstić information content (AvgIpc) is 3.91. The number of aromatic nitrogens is 3. The molecule has 3 heterocycles. The maximum atomic E-state index is 7.07. The number of hydrogen-bond donors (Lipinski definition) is 0. The first-order valence-corrected chi connectivity index (χ1v) is 24.0. The molecule has 1 radical (unpaired) electrons. The van der Waals surface area contributed by atoms with E-state index in [-0.39, 0.29) is 42.8 Å². The van der Waals surface area contributed by atoms with Crippen LogP contribution in [0.1, 0.15) is 103 Å². The van der Waals surface area contributed by atoms with E-state index in [4.69, 9.17) is 9.40 Å². The monoisotopic (exact) mass is 1080 g/mol. The molecule has 4 nitrogen and oxygen atoms in total. The van der Waals surface area contributed by atoms with Gasteiger partial charge in [0, 0.05) is 37.4 Å². The second-order valence-electron chi connectivity index (χ2n) is 20.9. The standard InChI is InChI=1S/C49H43N2O.C15H16N.Ir/c1-29(2)37-26-34(31-15-9-8-10-16-31)27-38(30(3)4)46(37)51-43-20-14-13-19-42(43)50-48(51)36-23-24-41(49(5,6)7)45-40-25-33-22-21-32-17-11-12-18-35(32)39(33)28-44(40)52-47(36)45;1-15(2,3)13-9-10-16-14(11-13)12-7-5-4-6-8-12;/h8-22,24-30H,1-7H3;4-7,9-11H,1-3H3;/q2*-1;. The average molecular weight is 1080 g/mol. The smallest absolute Gasteiger partial charge is 0.121 e. The molecule has 347 valence electrons. The number of rotatable bonds is 6. The molecule has 0 unspecified atom stereocenters. The van der Waals surface area contributed by atoms with Gasteiger partial charge in [-0.15, -0.1) is 53.6 Å². The summed E-state index contributed by atoms with van der Waals surface area (Å²) in [4.78, 5) is 9.81. The first kappa shape index (κ1) is 47.4. The van der Waals surface area contributed by atoms with Gasteiger partial charge in [-0.25, -0.2) is 0 Å². The van der Waals surface area contributed by atoms with Crippen LogP contribution < -0.4 is 0 Å². The Morgan fingerprint density at radius 2 is 1.28 bits per heavy atom. The zero-order valence-electron chi connectivity index (χ0n) is 41.3. The van der Waals surface area contributed by atoms with Crippen LogP contribution in [0.4, 0.5) is 0 Å². The summed E-state index contributed by atoms with van der Waals surface area (Å²) in [5.74, 6) is 1.38. The van der Waals surface area contributed by atoms with E-state index in [0.29, 0.717) is 0 Å². The van der Waals surface area contributed by atoms with Gasteiger partial charge in [0.15, 0.2) is 0 Å². The molecular formula is C64H59IrN3O-2. The first-order chi connectivity index (χ1) is 32.7. The molecule has 0 atom stereocenters. The molecule has 11 rings (SSSR count). The fraction of sp³-hybridized carbons (Fsp3) is 0.219. The quantitative estimate of drug-likeness (QED) is 0.123. The fourth-order valence-electron chi connectivity index (χ4n) is 9.71. The van der Waals surface area contributed by atoms with Crippen LogP contribution in [-0.4, -0.2) is 14.5 Å². The minimum atomic E-state index is -0.133. The number of furan rings is 1. The third-order valence-corrected chi connectivity index (χ3v) is 13.4. The van der Waals surface area contributed by atoms with E-state index in [1.165, 1.54) is 60.6 Å². The zero-order valence-corrected chi connectivity index (χ0v) is 43.7. The third-order valence-electron chi connectivity index (χ3n) is 13.4. The van der Waals surface area contributed by atoms with Crippen molar-refractivity contribution in [2.45, 2.75) is 91.9 Å². The van der Waals surface area contributed by atoms with E-state index in [9.17, 15) is 0 Å². The second-order valence-corrected chi connectivity index (χ2v) is 20.9. The number of imidazole rings is 1. The summed E-state index contributed by atoms with van der Waals surface area (Å²) in [7, 11) is 0. The zero-order chi connectivity index (χ0) is 47.5. The molecule has 3 aromatic heterocycles. The minimum Gasteiger partial charge on any atom is -0.501 e. The van der Waals surface area contributed by atoms with E-state index in [0.717, 1.165) is 55.6 Å². The van der Waals surface area contributed by atoms with Crippen LogP contribution >= 0.6 is 0 Å². The van der Waals surface area contributed by atoms with E-state index in [2.05, 4.69) is 224 Å². The van der Waals surface area contributed by atoms with Gasteiger partial charge in [-0.3, -0.25) is 4.98 Å². The number of fused-ring (bicyclic) bond motifs is 7. The van der Waals surface area contributed by atoms with Gasteiger partial charge in [0.05, 0.1) is 22.4 Å². The summed E-state index contributed by atoms with van der Waals surface area (Å²) in [5, 5.41) is 7.12. The van der Waals surface area contributed by atoms with Crippen LogP contribution in [0.5, 0.6) is 0 Å². The molecule has 0 aliphatic heterocycles. The van der Waals surface area contributed by atoms with Gasteiger partial charge < -0.3 is 14.0 Å². The van der Waals surface area contributed by atoms with Crippen molar-refractivity contribution >= 4 is 54.5 Å². The number of hydrogen-bond acceptors (Lipinski definition) is 3. The van der Waals surface area contributed by atoms with Crippen LogP contribution in [0, 0.1) is 12.1 Å². The van der Waals surface area contributed by atoms with E-state index in [1.54, 1.807) is 0 Å². The first-order valence-electron chi connectivity index (χ1n) is 24.0. The number of benzene rings is 8. The Kier molecular flexibility index (Phi) is 12.8. The Bertz CT molecular complexity index is 3610. The summed E-state index contributed by atoms with van der Waals surface area (Å²) in [5.41, 5.74) is 15.4. The Balaban J connectivity index is 0.000000296. The number of para-hydroxylation sites is 2. The van der Waals surface area contributed by atoms with Gasteiger partial charge in [0.2, 0.25) is 0 Å². The van der Waals surface area contributed by atoms with Crippen molar-refractivity contribution in [3.05, 3.63) is 198 Å². The van der Waals surface area contributed by atoms with Crippen LogP contribution in [0.2, 0.25) is 0 Å². The van der Waals surface area contributed by atoms with E-state index in [1.807, 2.05) is 30.5 Å². The van der Waals surface area contributed by atoms with Gasteiger partial charge in [0.25, 0.3) is 0 Å². The van der Waals surface area contributed by atoms with Crippen molar-refractivity contribution in [2.75, 3.05) is 0 Å². The maximum absolute atomic E-state index is 7.07. The van der Waals surface area contributed by atoms with Gasteiger partial charge in [-0.05, 0) is 120 Å². The van der Waals surface area contributed by atoms with Crippen molar-refractivity contribution < 1.29 is 24.5 Å². The van der Waals surface area contributed by atoms with Crippen molar-refractivity contribution in [3.8, 4) is 39.5 Å². The molecule has 0 saturated heterocycles. The van der Waals surface area contributed by atoms with Crippen LogP contribution in [-0.2, 0) is 30.9 Å². The maximum Gasteiger partial charge on any atom is 0.121 e. The molecule has 0 amide bonds. The van der Waals surface area contributed by atoms with Crippen LogP contribution in [0.3, 0.4) is 0 Å². The van der Waals surface area contributed by atoms with Gasteiger partial charge >= 0.3 is 0 Å². The van der Waals surface area contributed by atoms with Crippen molar-refractivity contribution in [1.82, 2.24) is 14.5 Å². The van der Waals surface area contributed by atoms with Gasteiger partial charge in [-0.2, -0.15) is 0 Å². The molecule has 0 aliphatic carbocycles. The number of nitrogens with zero attached hydrogens (tertiary/aromatic N) is 3. The van der Waals surface area contributed by atoms with Crippen molar-refractivity contribution in [2.24, 2.45) is 0 Å². The fourth-order valence-corrected chi connectivity index (χ4v) is 9.71. The molecule has 0 fully saturated rings. The normalized spacial score (nSPS) is 12.1. The Morgan fingerprint density at radius 1 is 0.594 bits per heavy atom. The summed E-state index contributed by atoms with van der Waals surface area (Å²) >= 11 is 0.